The summed E-state index contributed by atoms with van der Waals surface area (Å²) in [5.74, 6) is -1.49. The number of anilines is 1. The third-order valence-corrected chi connectivity index (χ3v) is 3.42. The number of carbonyl (C=O) groups excluding carboxylic acids is 1. The van der Waals surface area contributed by atoms with Crippen molar-refractivity contribution in [3.63, 3.8) is 0 Å². The van der Waals surface area contributed by atoms with Gasteiger partial charge in [-0.25, -0.2) is 4.79 Å². The number of carboxylic acid groups (broad SMARTS) is 1. The number of aromatic nitrogens is 1. The molecule has 1 amide bonds. The molecule has 0 fully saturated rings. The topological polar surface area (TPSA) is 79.3 Å². The molecule has 0 aliphatic heterocycles. The van der Waals surface area contributed by atoms with Crippen LogP contribution >= 0.6 is 15.9 Å². The molecule has 0 aliphatic rings. The van der Waals surface area contributed by atoms with Crippen molar-refractivity contribution < 1.29 is 14.7 Å². The zero-order valence-corrected chi connectivity index (χ0v) is 13.1. The van der Waals surface area contributed by atoms with Crippen LogP contribution in [-0.4, -0.2) is 22.0 Å². The number of carbonyl (C=O) groups is 2. The van der Waals surface area contributed by atoms with Crippen LogP contribution in [0.4, 0.5) is 5.69 Å². The molecule has 0 spiro atoms. The number of aromatic carboxylic acids is 1. The van der Waals surface area contributed by atoms with Crippen LogP contribution in [0.25, 0.3) is 0 Å². The van der Waals surface area contributed by atoms with Crippen LogP contribution in [0.3, 0.4) is 0 Å². The Morgan fingerprint density at radius 3 is 2.43 bits per heavy atom. The quantitative estimate of drug-likeness (QED) is 0.890. The third-order valence-electron chi connectivity index (χ3n) is 2.93. The minimum atomic E-state index is -1.10. The monoisotopic (exact) mass is 348 g/mol. The molecule has 0 atom stereocenters. The van der Waals surface area contributed by atoms with Crippen molar-refractivity contribution in [2.45, 2.75) is 13.8 Å². The lowest BCUT2D eigenvalue weighted by Gasteiger charge is -2.10. The third kappa shape index (κ3) is 3.46. The summed E-state index contributed by atoms with van der Waals surface area (Å²) in [6, 6.07) is 8.00. The number of pyridine rings is 1. The lowest BCUT2D eigenvalue weighted by molar-refractivity contribution is 0.0698. The lowest BCUT2D eigenvalue weighted by atomic mass is 10.1. The molecule has 2 aromatic rings. The Morgan fingerprint density at radius 1 is 1.14 bits per heavy atom. The minimum absolute atomic E-state index is 0.0317. The van der Waals surface area contributed by atoms with Gasteiger partial charge in [-0.05, 0) is 44.2 Å². The summed E-state index contributed by atoms with van der Waals surface area (Å²) in [6.07, 6.45) is 0. The van der Waals surface area contributed by atoms with Crippen molar-refractivity contribution in [3.05, 3.63) is 57.3 Å². The molecule has 0 bridgehead atoms. The van der Waals surface area contributed by atoms with E-state index in [1.54, 1.807) is 31.2 Å². The van der Waals surface area contributed by atoms with Crippen molar-refractivity contribution in [2.75, 3.05) is 5.32 Å². The van der Waals surface area contributed by atoms with Gasteiger partial charge < -0.3 is 10.4 Å². The number of nitrogens with zero attached hydrogens (tertiary/aromatic N) is 1. The first-order chi connectivity index (χ1) is 9.88. The molecule has 21 heavy (non-hydrogen) atoms. The lowest BCUT2D eigenvalue weighted by Crippen LogP contribution is -2.16. The number of hydrogen-bond acceptors (Lipinski definition) is 3. The molecule has 2 N–H and O–H groups in total. The molecule has 6 heteroatoms. The maximum atomic E-state index is 12.3. The predicted octanol–water partition coefficient (Wildman–Crippen LogP) is 3.41. The summed E-state index contributed by atoms with van der Waals surface area (Å²) in [7, 11) is 0. The Bertz CT molecular complexity index is 729. The van der Waals surface area contributed by atoms with Gasteiger partial charge >= 0.3 is 5.97 Å². The fraction of sp³-hybridized carbons (Fsp3) is 0.133. The molecule has 108 valence electrons. The van der Waals surface area contributed by atoms with Crippen LogP contribution in [0.2, 0.25) is 0 Å². The second-order valence-electron chi connectivity index (χ2n) is 4.53. The minimum Gasteiger partial charge on any atom is -0.478 e. The average Bonchev–Trinajstić information content (AvgIpc) is 2.37. The first-order valence-electron chi connectivity index (χ1n) is 6.17. The van der Waals surface area contributed by atoms with E-state index in [2.05, 4.69) is 26.2 Å². The molecule has 0 saturated heterocycles. The van der Waals surface area contributed by atoms with Crippen LogP contribution in [0.1, 0.15) is 32.1 Å². The van der Waals surface area contributed by atoms with Gasteiger partial charge in [0.05, 0.1) is 22.5 Å². The molecule has 1 heterocycles. The van der Waals surface area contributed by atoms with Crippen molar-refractivity contribution in [2.24, 2.45) is 0 Å². The van der Waals surface area contributed by atoms with Gasteiger partial charge in [-0.1, -0.05) is 15.9 Å². The molecule has 5 nitrogen and oxygen atoms in total. The highest BCUT2D eigenvalue weighted by molar-refractivity contribution is 9.10. The zero-order chi connectivity index (χ0) is 15.6. The number of amides is 1. The Hall–Kier alpha value is -2.21. The maximum Gasteiger partial charge on any atom is 0.337 e. The molecular formula is C15H13BrN2O3. The summed E-state index contributed by atoms with van der Waals surface area (Å²) in [6.45, 7) is 3.58. The molecule has 0 saturated carbocycles. The van der Waals surface area contributed by atoms with E-state index in [0.29, 0.717) is 15.7 Å². The van der Waals surface area contributed by atoms with Gasteiger partial charge in [0.15, 0.2) is 0 Å². The summed E-state index contributed by atoms with van der Waals surface area (Å²) < 4.78 is 0.682. The van der Waals surface area contributed by atoms with Crippen LogP contribution in [0, 0.1) is 13.8 Å². The average molecular weight is 349 g/mol. The molecule has 0 radical (unpaired) electrons. The number of benzene rings is 1. The Balaban J connectivity index is 2.35. The fourth-order valence-electron chi connectivity index (χ4n) is 1.92. The Morgan fingerprint density at radius 2 is 1.81 bits per heavy atom. The van der Waals surface area contributed by atoms with Crippen LogP contribution in [0.15, 0.2) is 34.8 Å². The number of halogens is 1. The number of carboxylic acids is 1. The molecule has 0 unspecified atom stereocenters. The second-order valence-corrected chi connectivity index (χ2v) is 5.45. The first kappa shape index (κ1) is 15.2. The van der Waals surface area contributed by atoms with E-state index in [-0.39, 0.29) is 17.2 Å². The van der Waals surface area contributed by atoms with E-state index in [4.69, 9.17) is 5.11 Å². The van der Waals surface area contributed by atoms with Gasteiger partial charge in [0.2, 0.25) is 0 Å². The standard InChI is InChI=1S/C15H13BrN2O3/c1-8-3-5-11(9(2)17-8)14(19)18-13-7-10(16)4-6-12(13)15(20)21/h3-7H,1-2H3,(H,18,19)(H,20,21). The van der Waals surface area contributed by atoms with Gasteiger partial charge in [-0.3, -0.25) is 9.78 Å². The summed E-state index contributed by atoms with van der Waals surface area (Å²) in [4.78, 5) is 27.7. The van der Waals surface area contributed by atoms with Crippen LogP contribution < -0.4 is 5.32 Å². The zero-order valence-electron chi connectivity index (χ0n) is 11.5. The van der Waals surface area contributed by atoms with Crippen molar-refractivity contribution in [3.8, 4) is 0 Å². The van der Waals surface area contributed by atoms with Crippen molar-refractivity contribution in [1.82, 2.24) is 4.98 Å². The number of aryl methyl sites for hydroxylation is 2. The molecular weight excluding hydrogens is 336 g/mol. The normalized spacial score (nSPS) is 10.2. The Kier molecular flexibility index (Phi) is 4.37. The highest BCUT2D eigenvalue weighted by Gasteiger charge is 2.15. The summed E-state index contributed by atoms with van der Waals surface area (Å²) >= 11 is 3.26. The van der Waals surface area contributed by atoms with Gasteiger partial charge in [-0.15, -0.1) is 0 Å². The highest BCUT2D eigenvalue weighted by Crippen LogP contribution is 2.22. The smallest absolute Gasteiger partial charge is 0.337 e. The number of hydrogen-bond donors (Lipinski definition) is 2. The summed E-state index contributed by atoms with van der Waals surface area (Å²) in [5, 5.41) is 11.8. The highest BCUT2D eigenvalue weighted by atomic mass is 79.9. The van der Waals surface area contributed by atoms with Gasteiger partial charge in [0.1, 0.15) is 0 Å². The number of rotatable bonds is 3. The van der Waals surface area contributed by atoms with E-state index in [9.17, 15) is 9.59 Å². The van der Waals surface area contributed by atoms with Gasteiger partial charge in [0, 0.05) is 10.2 Å². The Labute approximate surface area is 130 Å². The van der Waals surface area contributed by atoms with Crippen molar-refractivity contribution >= 4 is 33.5 Å². The molecule has 1 aromatic carbocycles. The molecule has 0 aliphatic carbocycles. The van der Waals surface area contributed by atoms with Gasteiger partial charge in [-0.2, -0.15) is 0 Å². The SMILES string of the molecule is Cc1ccc(C(=O)Nc2cc(Br)ccc2C(=O)O)c(C)n1. The first-order valence-corrected chi connectivity index (χ1v) is 6.96. The van der Waals surface area contributed by atoms with E-state index in [1.807, 2.05) is 6.92 Å². The van der Waals surface area contributed by atoms with E-state index in [1.165, 1.54) is 6.07 Å². The van der Waals surface area contributed by atoms with Crippen molar-refractivity contribution in [1.29, 1.82) is 0 Å². The van der Waals surface area contributed by atoms with Gasteiger partial charge in [0.25, 0.3) is 5.91 Å². The fourth-order valence-corrected chi connectivity index (χ4v) is 2.28. The molecule has 2 rings (SSSR count). The van der Waals surface area contributed by atoms with Crippen LogP contribution in [-0.2, 0) is 0 Å². The maximum absolute atomic E-state index is 12.3. The van der Waals surface area contributed by atoms with E-state index < -0.39 is 5.97 Å². The van der Waals surface area contributed by atoms with E-state index in [0.717, 1.165) is 5.69 Å². The predicted molar refractivity (Wildman–Crippen MR) is 82.8 cm³/mol. The second kappa shape index (κ2) is 6.05. The van der Waals surface area contributed by atoms with Crippen LogP contribution in [0.5, 0.6) is 0 Å². The largest absolute Gasteiger partial charge is 0.478 e. The molecule has 1 aromatic heterocycles. The summed E-state index contributed by atoms with van der Waals surface area (Å²) in [5.41, 5.74) is 2.10. The number of nitrogens with one attached hydrogen (secondary N) is 1. The van der Waals surface area contributed by atoms with E-state index >= 15 is 0 Å².